The zero-order valence-electron chi connectivity index (χ0n) is 16.1. The van der Waals surface area contributed by atoms with Crippen LogP contribution in [0.5, 0.6) is 0 Å². The van der Waals surface area contributed by atoms with Crippen molar-refractivity contribution in [2.75, 3.05) is 13.2 Å². The summed E-state index contributed by atoms with van der Waals surface area (Å²) in [6, 6.07) is 9.72. The molecule has 0 bridgehead atoms. The third-order valence-corrected chi connectivity index (χ3v) is 4.70. The zero-order valence-corrected chi connectivity index (χ0v) is 16.9. The van der Waals surface area contributed by atoms with Crippen molar-refractivity contribution in [3.05, 3.63) is 58.1 Å². The second-order valence-electron chi connectivity index (χ2n) is 6.53. The average Bonchev–Trinajstić information content (AvgIpc) is 3.13. The highest BCUT2D eigenvalue weighted by atomic mass is 32.1. The summed E-state index contributed by atoms with van der Waals surface area (Å²) in [5.74, 6) is 0.00112. The summed E-state index contributed by atoms with van der Waals surface area (Å²) in [5, 5.41) is 2.40. The highest BCUT2D eigenvalue weighted by Gasteiger charge is 2.17. The Morgan fingerprint density at radius 1 is 1.26 bits per heavy atom. The number of carbonyl (C=O) groups excluding carboxylic acids is 2. The quantitative estimate of drug-likeness (QED) is 0.473. The van der Waals surface area contributed by atoms with E-state index >= 15 is 0 Å². The lowest BCUT2D eigenvalue weighted by Crippen LogP contribution is -2.30. The van der Waals surface area contributed by atoms with Gasteiger partial charge in [0.25, 0.3) is 0 Å². The highest BCUT2D eigenvalue weighted by molar-refractivity contribution is 7.09. The number of ether oxygens (including phenoxy) is 1. The molecule has 1 aromatic heterocycles. The van der Waals surface area contributed by atoms with Crippen molar-refractivity contribution in [3.63, 3.8) is 0 Å². The van der Waals surface area contributed by atoms with Gasteiger partial charge in [0.15, 0.2) is 5.69 Å². The number of amides is 1. The molecule has 0 fully saturated rings. The van der Waals surface area contributed by atoms with Gasteiger partial charge in [-0.1, -0.05) is 44.2 Å². The Labute approximate surface area is 164 Å². The largest absolute Gasteiger partial charge is 0.461 e. The summed E-state index contributed by atoms with van der Waals surface area (Å²) in [7, 11) is 0. The molecule has 0 aliphatic heterocycles. The molecular weight excluding hydrogens is 360 g/mol. The average molecular weight is 387 g/mol. The Kier molecular flexibility index (Phi) is 8.20. The van der Waals surface area contributed by atoms with E-state index in [2.05, 4.69) is 18.8 Å². The van der Waals surface area contributed by atoms with Crippen molar-refractivity contribution in [1.82, 2.24) is 9.88 Å². The molecule has 1 aromatic carbocycles. The predicted octanol–water partition coefficient (Wildman–Crippen LogP) is 4.41. The minimum atomic E-state index is -0.427. The summed E-state index contributed by atoms with van der Waals surface area (Å²) < 4.78 is 4.97. The third-order valence-electron chi connectivity index (χ3n) is 3.87. The number of nitrogens with zero attached hydrogens (tertiary/aromatic N) is 2. The fourth-order valence-corrected chi connectivity index (χ4v) is 3.14. The number of thiazole rings is 1. The molecule has 0 radical (unpaired) electrons. The first-order valence-electron chi connectivity index (χ1n) is 9.13. The third kappa shape index (κ3) is 6.98. The first kappa shape index (κ1) is 20.8. The van der Waals surface area contributed by atoms with Crippen molar-refractivity contribution < 1.29 is 14.3 Å². The van der Waals surface area contributed by atoms with E-state index in [9.17, 15) is 9.59 Å². The van der Waals surface area contributed by atoms with Gasteiger partial charge in [-0.3, -0.25) is 4.79 Å². The van der Waals surface area contributed by atoms with Gasteiger partial charge in [0, 0.05) is 18.0 Å². The van der Waals surface area contributed by atoms with Crippen molar-refractivity contribution in [1.29, 1.82) is 0 Å². The molecule has 0 atom stereocenters. The van der Waals surface area contributed by atoms with E-state index in [1.54, 1.807) is 23.3 Å². The van der Waals surface area contributed by atoms with Gasteiger partial charge in [-0.2, -0.15) is 0 Å². The summed E-state index contributed by atoms with van der Waals surface area (Å²) in [6.45, 7) is 7.36. The number of carbonyl (C=O) groups is 2. The maximum absolute atomic E-state index is 12.7. The molecule has 0 unspecified atom stereocenters. The molecule has 6 heteroatoms. The summed E-state index contributed by atoms with van der Waals surface area (Å²) >= 11 is 1.37. The van der Waals surface area contributed by atoms with Gasteiger partial charge < -0.3 is 9.64 Å². The lowest BCUT2D eigenvalue weighted by molar-refractivity contribution is -0.126. The van der Waals surface area contributed by atoms with Crippen LogP contribution in [0.1, 0.15) is 48.3 Å². The minimum absolute atomic E-state index is 0.0626. The van der Waals surface area contributed by atoms with Crippen LogP contribution in [0.4, 0.5) is 0 Å². The Balaban J connectivity index is 2.08. The highest BCUT2D eigenvalue weighted by Crippen LogP contribution is 2.15. The van der Waals surface area contributed by atoms with Crippen LogP contribution in [0.2, 0.25) is 0 Å². The molecule has 1 heterocycles. The van der Waals surface area contributed by atoms with E-state index < -0.39 is 5.97 Å². The van der Waals surface area contributed by atoms with Crippen molar-refractivity contribution in [2.24, 2.45) is 5.92 Å². The van der Waals surface area contributed by atoms with Gasteiger partial charge in [0.2, 0.25) is 5.91 Å². The Bertz CT molecular complexity index is 769. The number of aromatic nitrogens is 1. The Morgan fingerprint density at radius 2 is 2.00 bits per heavy atom. The van der Waals surface area contributed by atoms with Gasteiger partial charge in [-0.25, -0.2) is 9.78 Å². The maximum Gasteiger partial charge on any atom is 0.357 e. The van der Waals surface area contributed by atoms with Gasteiger partial charge in [-0.15, -0.1) is 11.3 Å². The fraction of sp³-hybridized carbons (Fsp3) is 0.381. The van der Waals surface area contributed by atoms with Crippen LogP contribution in [0.15, 0.2) is 41.8 Å². The predicted molar refractivity (Wildman–Crippen MR) is 108 cm³/mol. The lowest BCUT2D eigenvalue weighted by atomic mass is 10.1. The molecule has 0 saturated heterocycles. The standard InChI is InChI=1S/C21H26N2O3S/c1-4-26-21(25)18-15-27-19(22-18)14-23(13-12-16(2)3)20(24)11-10-17-8-6-5-7-9-17/h5-11,15-16H,4,12-14H2,1-3H3. The Hall–Kier alpha value is -2.47. The minimum Gasteiger partial charge on any atom is -0.461 e. The normalized spacial score (nSPS) is 11.1. The maximum atomic E-state index is 12.7. The van der Waals surface area contributed by atoms with Crippen LogP contribution < -0.4 is 0 Å². The van der Waals surface area contributed by atoms with E-state index in [0.717, 1.165) is 17.0 Å². The Morgan fingerprint density at radius 3 is 2.67 bits per heavy atom. The molecule has 0 saturated carbocycles. The molecule has 0 aliphatic carbocycles. The van der Waals surface area contributed by atoms with Crippen LogP contribution in [0, 0.1) is 5.92 Å². The van der Waals surface area contributed by atoms with Gasteiger partial charge in [0.05, 0.1) is 13.2 Å². The zero-order chi connectivity index (χ0) is 19.6. The van der Waals surface area contributed by atoms with E-state index in [1.807, 2.05) is 36.4 Å². The van der Waals surface area contributed by atoms with Crippen molar-refractivity contribution >= 4 is 29.3 Å². The van der Waals surface area contributed by atoms with Crippen molar-refractivity contribution in [2.45, 2.75) is 33.7 Å². The summed E-state index contributed by atoms with van der Waals surface area (Å²) in [6.07, 6.45) is 4.31. The summed E-state index contributed by atoms with van der Waals surface area (Å²) in [5.41, 5.74) is 1.28. The number of hydrogen-bond acceptors (Lipinski definition) is 5. The molecule has 0 spiro atoms. The molecule has 2 rings (SSSR count). The van der Waals surface area contributed by atoms with E-state index in [0.29, 0.717) is 31.3 Å². The topological polar surface area (TPSA) is 59.5 Å². The monoisotopic (exact) mass is 386 g/mol. The van der Waals surface area contributed by atoms with Gasteiger partial charge in [-0.05, 0) is 30.9 Å². The van der Waals surface area contributed by atoms with Crippen molar-refractivity contribution in [3.8, 4) is 0 Å². The van der Waals surface area contributed by atoms with Gasteiger partial charge in [0.1, 0.15) is 5.01 Å². The first-order chi connectivity index (χ1) is 13.0. The molecule has 0 N–H and O–H groups in total. The SMILES string of the molecule is CCOC(=O)c1csc(CN(CCC(C)C)C(=O)C=Cc2ccccc2)n1. The van der Waals surface area contributed by atoms with Gasteiger partial charge >= 0.3 is 5.97 Å². The van der Waals surface area contributed by atoms with E-state index in [-0.39, 0.29) is 5.91 Å². The fourth-order valence-electron chi connectivity index (χ4n) is 2.36. The molecule has 27 heavy (non-hydrogen) atoms. The lowest BCUT2D eigenvalue weighted by Gasteiger charge is -2.21. The second-order valence-corrected chi connectivity index (χ2v) is 7.48. The van der Waals surface area contributed by atoms with Crippen LogP contribution in [-0.4, -0.2) is 34.9 Å². The molecule has 0 aliphatic rings. The number of esters is 1. The number of rotatable bonds is 9. The van der Waals surface area contributed by atoms with Crippen LogP contribution in [0.3, 0.4) is 0 Å². The molecule has 144 valence electrons. The summed E-state index contributed by atoms with van der Waals surface area (Å²) in [4.78, 5) is 30.6. The number of benzene rings is 1. The second kappa shape index (κ2) is 10.6. The molecule has 5 nitrogen and oxygen atoms in total. The number of hydrogen-bond donors (Lipinski definition) is 0. The van der Waals surface area contributed by atoms with E-state index in [1.165, 1.54) is 11.3 Å². The van der Waals surface area contributed by atoms with E-state index in [4.69, 9.17) is 4.74 Å². The first-order valence-corrected chi connectivity index (χ1v) is 10.0. The van der Waals surface area contributed by atoms with Crippen LogP contribution >= 0.6 is 11.3 Å². The molecular formula is C21H26N2O3S. The van der Waals surface area contributed by atoms with Crippen LogP contribution in [-0.2, 0) is 16.1 Å². The molecule has 1 amide bonds. The van der Waals surface area contributed by atoms with Crippen LogP contribution in [0.25, 0.3) is 6.08 Å². The molecule has 2 aromatic rings. The smallest absolute Gasteiger partial charge is 0.357 e.